The molecule has 0 aliphatic carbocycles. The molecule has 0 heterocycles. The number of benzene rings is 3. The lowest BCUT2D eigenvalue weighted by atomic mass is 9.72. The van der Waals surface area contributed by atoms with Crippen molar-refractivity contribution in [2.24, 2.45) is 5.41 Å². The van der Waals surface area contributed by atoms with Crippen LogP contribution in [0.15, 0.2) is 78.9 Å². The maximum Gasteiger partial charge on any atom is 0.461 e. The molecule has 2 unspecified atom stereocenters. The number of aliphatic hydroxyl groups is 1. The van der Waals surface area contributed by atoms with Gasteiger partial charge in [-0.25, -0.2) is 0 Å². The smallest absolute Gasteiger partial charge is 0.461 e. The maximum atomic E-state index is 13.3. The zero-order valence-corrected chi connectivity index (χ0v) is 19.4. The van der Waals surface area contributed by atoms with Gasteiger partial charge in [0.05, 0.1) is 6.10 Å². The summed E-state index contributed by atoms with van der Waals surface area (Å²) < 4.78 is 61.5. The number of ether oxygens (including phenoxy) is 2. The van der Waals surface area contributed by atoms with Gasteiger partial charge < -0.3 is 19.7 Å². The minimum atomic E-state index is -4.70. The van der Waals surface area contributed by atoms with E-state index in [4.69, 9.17) is 4.74 Å². The number of halogens is 4. The monoisotopic (exact) mass is 506 g/mol. The normalized spacial score (nSPS) is 14.2. The Labute approximate surface area is 205 Å². The molecule has 9 heteroatoms. The molecule has 0 aliphatic heterocycles. The number of aliphatic hydroxyl groups excluding tert-OH is 1. The Morgan fingerprint density at radius 1 is 0.917 bits per heavy atom. The zero-order chi connectivity index (χ0) is 26.3. The summed E-state index contributed by atoms with van der Waals surface area (Å²) in [5.74, 6) is -1.31. The van der Waals surface area contributed by atoms with Crippen LogP contribution >= 0.6 is 0 Å². The Bertz CT molecular complexity index is 1140. The Morgan fingerprint density at radius 3 is 2.14 bits per heavy atom. The molecule has 3 rings (SSSR count). The molecule has 0 spiro atoms. The van der Waals surface area contributed by atoms with E-state index in [9.17, 15) is 32.6 Å². The Kier molecular flexibility index (Phi) is 8.57. The largest absolute Gasteiger partial charge is 0.489 e. The highest BCUT2D eigenvalue weighted by molar-refractivity contribution is 5.76. The van der Waals surface area contributed by atoms with Crippen LogP contribution < -0.4 is 9.47 Å². The first-order valence-electron chi connectivity index (χ1n) is 11.2. The van der Waals surface area contributed by atoms with Gasteiger partial charge in [0.1, 0.15) is 23.5 Å². The van der Waals surface area contributed by atoms with E-state index < -0.39 is 35.8 Å². The van der Waals surface area contributed by atoms with Gasteiger partial charge in [-0.15, -0.1) is 0 Å². The van der Waals surface area contributed by atoms with Crippen LogP contribution in [-0.4, -0.2) is 28.7 Å². The van der Waals surface area contributed by atoms with Crippen molar-refractivity contribution in [2.45, 2.75) is 45.0 Å². The molecule has 0 aromatic heterocycles. The summed E-state index contributed by atoms with van der Waals surface area (Å²) in [6.07, 6.45) is -10.5. The summed E-state index contributed by atoms with van der Waals surface area (Å²) in [7, 11) is 0. The topological polar surface area (TPSA) is 76.0 Å². The maximum absolute atomic E-state index is 13.3. The highest BCUT2D eigenvalue weighted by Gasteiger charge is 2.46. The van der Waals surface area contributed by atoms with Gasteiger partial charge in [-0.3, -0.25) is 4.79 Å². The molecule has 3 aromatic rings. The molecule has 0 amide bonds. The molecule has 5 nitrogen and oxygen atoms in total. The highest BCUT2D eigenvalue weighted by Crippen LogP contribution is 2.42. The van der Waals surface area contributed by atoms with Crippen LogP contribution in [0.4, 0.5) is 17.6 Å². The van der Waals surface area contributed by atoms with Crippen LogP contribution in [0, 0.1) is 5.41 Å². The van der Waals surface area contributed by atoms with Crippen molar-refractivity contribution >= 4 is 5.97 Å². The van der Waals surface area contributed by atoms with Gasteiger partial charge in [0.15, 0.2) is 0 Å². The van der Waals surface area contributed by atoms with E-state index in [0.717, 1.165) is 17.7 Å². The third-order valence-electron chi connectivity index (χ3n) is 5.95. The van der Waals surface area contributed by atoms with Crippen molar-refractivity contribution in [1.29, 1.82) is 0 Å². The Balaban J connectivity index is 1.79. The molecular formula is C27H26F4O5. The minimum Gasteiger partial charge on any atom is -0.489 e. The van der Waals surface area contributed by atoms with Crippen LogP contribution in [0.1, 0.15) is 36.1 Å². The number of carboxylic acids is 1. The molecule has 3 aromatic carbocycles. The number of carbonyl (C=O) groups is 1. The predicted molar refractivity (Wildman–Crippen MR) is 124 cm³/mol. The molecule has 36 heavy (non-hydrogen) atoms. The van der Waals surface area contributed by atoms with Crippen molar-refractivity contribution in [3.8, 4) is 11.5 Å². The van der Waals surface area contributed by atoms with Gasteiger partial charge in [-0.1, -0.05) is 61.5 Å². The second-order valence-electron chi connectivity index (χ2n) is 8.35. The number of rotatable bonds is 12. The third kappa shape index (κ3) is 6.34. The average molecular weight is 506 g/mol. The van der Waals surface area contributed by atoms with Gasteiger partial charge >= 0.3 is 18.5 Å². The van der Waals surface area contributed by atoms with Crippen molar-refractivity contribution < 1.29 is 42.0 Å². The molecule has 2 atom stereocenters. The van der Waals surface area contributed by atoms with E-state index in [1.807, 2.05) is 30.3 Å². The third-order valence-corrected chi connectivity index (χ3v) is 5.95. The average Bonchev–Trinajstić information content (AvgIpc) is 2.86. The van der Waals surface area contributed by atoms with Crippen molar-refractivity contribution in [2.75, 3.05) is 0 Å². The number of carboxylic acid groups (broad SMARTS) is 1. The summed E-state index contributed by atoms with van der Waals surface area (Å²) in [5.41, 5.74) is -0.211. The van der Waals surface area contributed by atoms with Gasteiger partial charge in [0.25, 0.3) is 0 Å². The molecule has 0 fully saturated rings. The van der Waals surface area contributed by atoms with Gasteiger partial charge in [-0.05, 0) is 53.8 Å². The molecule has 0 saturated carbocycles. The van der Waals surface area contributed by atoms with Crippen molar-refractivity contribution in [3.05, 3.63) is 95.6 Å². The fourth-order valence-corrected chi connectivity index (χ4v) is 3.85. The van der Waals surface area contributed by atoms with Crippen LogP contribution in [0.25, 0.3) is 0 Å². The van der Waals surface area contributed by atoms with Gasteiger partial charge in [0.2, 0.25) is 0 Å². The second kappa shape index (κ2) is 11.4. The lowest BCUT2D eigenvalue weighted by molar-refractivity contribution is -0.253. The molecule has 0 bridgehead atoms. The van der Waals surface area contributed by atoms with Crippen molar-refractivity contribution in [3.63, 3.8) is 0 Å². The highest BCUT2D eigenvalue weighted by atomic mass is 19.3. The van der Waals surface area contributed by atoms with Gasteiger partial charge in [-0.2, -0.15) is 17.6 Å². The lowest BCUT2D eigenvalue weighted by Crippen LogP contribution is -2.39. The summed E-state index contributed by atoms with van der Waals surface area (Å²) in [5, 5.41) is 21.2. The summed E-state index contributed by atoms with van der Waals surface area (Å²) in [6, 6.07) is 20.7. The van der Waals surface area contributed by atoms with Crippen LogP contribution in [0.3, 0.4) is 0 Å². The molecule has 0 radical (unpaired) electrons. The SMILES string of the molecule is CCC(Cc1cccc(OC(F)(F)C(F)F)c1)(C(=O)O)C(O)c1ccc(OCc2ccccc2)cc1. The van der Waals surface area contributed by atoms with E-state index in [-0.39, 0.29) is 18.4 Å². The Morgan fingerprint density at radius 2 is 1.56 bits per heavy atom. The van der Waals surface area contributed by atoms with Crippen LogP contribution in [0.2, 0.25) is 0 Å². The van der Waals surface area contributed by atoms with E-state index in [0.29, 0.717) is 17.9 Å². The van der Waals surface area contributed by atoms with Crippen LogP contribution in [-0.2, 0) is 17.8 Å². The number of aliphatic carboxylic acids is 1. The van der Waals surface area contributed by atoms with E-state index >= 15 is 0 Å². The predicted octanol–water partition coefficient (Wildman–Crippen LogP) is 6.26. The van der Waals surface area contributed by atoms with E-state index in [1.165, 1.54) is 12.1 Å². The molecule has 192 valence electrons. The summed E-state index contributed by atoms with van der Waals surface area (Å²) in [6.45, 7) is 1.92. The first kappa shape index (κ1) is 27.0. The van der Waals surface area contributed by atoms with E-state index in [1.54, 1.807) is 31.2 Å². The fraction of sp³-hybridized carbons (Fsp3) is 0.296. The number of hydrogen-bond acceptors (Lipinski definition) is 4. The first-order chi connectivity index (χ1) is 17.1. The molecule has 0 aliphatic rings. The summed E-state index contributed by atoms with van der Waals surface area (Å²) >= 11 is 0. The fourth-order valence-electron chi connectivity index (χ4n) is 3.85. The lowest BCUT2D eigenvalue weighted by Gasteiger charge is -2.34. The quantitative estimate of drug-likeness (QED) is 0.284. The molecular weight excluding hydrogens is 480 g/mol. The Hall–Kier alpha value is -3.59. The first-order valence-corrected chi connectivity index (χ1v) is 11.2. The number of alkyl halides is 4. The second-order valence-corrected chi connectivity index (χ2v) is 8.35. The zero-order valence-electron chi connectivity index (χ0n) is 19.4. The summed E-state index contributed by atoms with van der Waals surface area (Å²) in [4.78, 5) is 12.4. The van der Waals surface area contributed by atoms with Crippen molar-refractivity contribution in [1.82, 2.24) is 0 Å². The number of hydrogen-bond donors (Lipinski definition) is 2. The van der Waals surface area contributed by atoms with E-state index in [2.05, 4.69) is 4.74 Å². The standard InChI is InChI=1S/C27H26F4O5/c1-2-26(25(33)34,16-19-9-6-10-22(15-19)36-27(30,31)24(28)29)23(32)20-11-13-21(14-12-20)35-17-18-7-4-3-5-8-18/h3-15,23-24,32H,2,16-17H2,1H3,(H,33,34). The van der Waals surface area contributed by atoms with Gasteiger partial charge in [0, 0.05) is 0 Å². The molecule has 0 saturated heterocycles. The molecule has 2 N–H and O–H groups in total. The van der Waals surface area contributed by atoms with Crippen LogP contribution in [0.5, 0.6) is 11.5 Å². The minimum absolute atomic E-state index is 0.00592.